The summed E-state index contributed by atoms with van der Waals surface area (Å²) < 4.78 is 13.3. The monoisotopic (exact) mass is 342 g/mol. The van der Waals surface area contributed by atoms with Gasteiger partial charge in [0, 0.05) is 44.5 Å². The molecule has 4 rings (SSSR count). The number of rotatable bonds is 5. The fourth-order valence-corrected chi connectivity index (χ4v) is 3.76. The molecule has 0 saturated carbocycles. The molecular weight excluding hydrogens is 320 g/mol. The molecular formula is C18H22N4O3. The minimum atomic E-state index is 0.0292. The number of aryl methyl sites for hydroxylation is 1. The Hall–Kier alpha value is -2.41. The van der Waals surface area contributed by atoms with Crippen LogP contribution in [-0.4, -0.2) is 58.0 Å². The number of amides is 1. The van der Waals surface area contributed by atoms with E-state index in [4.69, 9.17) is 9.47 Å². The number of pyridine rings is 1. The molecule has 7 heteroatoms. The fraction of sp³-hybridized carbons (Fsp3) is 0.500. The van der Waals surface area contributed by atoms with Gasteiger partial charge in [0.2, 0.25) is 5.88 Å². The Morgan fingerprint density at radius 2 is 2.24 bits per heavy atom. The van der Waals surface area contributed by atoms with E-state index in [-0.39, 0.29) is 12.0 Å². The molecule has 2 saturated heterocycles. The summed E-state index contributed by atoms with van der Waals surface area (Å²) in [6, 6.07) is 7.40. The molecule has 0 bridgehead atoms. The molecule has 3 atom stereocenters. The van der Waals surface area contributed by atoms with Crippen LogP contribution in [0.3, 0.4) is 0 Å². The van der Waals surface area contributed by atoms with Crippen LogP contribution in [0.5, 0.6) is 5.88 Å². The van der Waals surface area contributed by atoms with E-state index in [0.717, 1.165) is 19.6 Å². The maximum Gasteiger partial charge on any atom is 0.272 e. The van der Waals surface area contributed by atoms with Crippen molar-refractivity contribution in [1.82, 2.24) is 19.7 Å². The highest BCUT2D eigenvalue weighted by Crippen LogP contribution is 2.36. The van der Waals surface area contributed by atoms with Crippen molar-refractivity contribution in [2.24, 2.45) is 18.9 Å². The lowest BCUT2D eigenvalue weighted by molar-refractivity contribution is 0.0663. The second-order valence-electron chi connectivity index (χ2n) is 6.65. The van der Waals surface area contributed by atoms with Crippen molar-refractivity contribution in [1.29, 1.82) is 0 Å². The van der Waals surface area contributed by atoms with Gasteiger partial charge in [-0.25, -0.2) is 4.98 Å². The summed E-state index contributed by atoms with van der Waals surface area (Å²) in [5.41, 5.74) is 0.620. The van der Waals surface area contributed by atoms with Gasteiger partial charge in [0.05, 0.1) is 19.3 Å². The lowest BCUT2D eigenvalue weighted by atomic mass is 9.91. The smallest absolute Gasteiger partial charge is 0.272 e. The highest BCUT2D eigenvalue weighted by atomic mass is 16.5. The number of hydrogen-bond donors (Lipinski definition) is 0. The highest BCUT2D eigenvalue weighted by Gasteiger charge is 2.45. The first-order valence-corrected chi connectivity index (χ1v) is 8.65. The Bertz CT molecular complexity index is 733. The molecule has 0 unspecified atom stereocenters. The van der Waals surface area contributed by atoms with E-state index in [2.05, 4.69) is 10.1 Å². The summed E-state index contributed by atoms with van der Waals surface area (Å²) in [5, 5.41) is 4.08. The summed E-state index contributed by atoms with van der Waals surface area (Å²) in [5.74, 6) is 1.47. The minimum Gasteiger partial charge on any atom is -0.478 e. The van der Waals surface area contributed by atoms with Crippen molar-refractivity contribution < 1.29 is 14.3 Å². The zero-order chi connectivity index (χ0) is 17.2. The quantitative estimate of drug-likeness (QED) is 0.821. The predicted octanol–water partition coefficient (Wildman–Crippen LogP) is 1.37. The fourth-order valence-electron chi connectivity index (χ4n) is 3.76. The van der Waals surface area contributed by atoms with Crippen molar-refractivity contribution in [3.05, 3.63) is 42.4 Å². The molecule has 0 aromatic carbocycles. The van der Waals surface area contributed by atoms with E-state index < -0.39 is 0 Å². The van der Waals surface area contributed by atoms with Crippen LogP contribution in [0.25, 0.3) is 0 Å². The number of aromatic nitrogens is 3. The molecule has 2 aromatic rings. The summed E-state index contributed by atoms with van der Waals surface area (Å²) >= 11 is 0. The molecule has 25 heavy (non-hydrogen) atoms. The molecule has 0 spiro atoms. The van der Waals surface area contributed by atoms with Crippen molar-refractivity contribution in [3.8, 4) is 5.88 Å². The number of carbonyl (C=O) groups is 1. The first kappa shape index (κ1) is 16.1. The molecule has 0 radical (unpaired) electrons. The third-order valence-electron chi connectivity index (χ3n) is 5.14. The second-order valence-corrected chi connectivity index (χ2v) is 6.65. The maximum atomic E-state index is 12.6. The summed E-state index contributed by atoms with van der Waals surface area (Å²) in [4.78, 5) is 18.7. The number of nitrogens with zero attached hydrogens (tertiary/aromatic N) is 4. The Kier molecular flexibility index (Phi) is 4.40. The normalized spacial score (nSPS) is 25.2. The van der Waals surface area contributed by atoms with Crippen molar-refractivity contribution >= 4 is 5.91 Å². The minimum absolute atomic E-state index is 0.0292. The second kappa shape index (κ2) is 6.84. The Labute approximate surface area is 146 Å². The van der Waals surface area contributed by atoms with E-state index in [9.17, 15) is 4.79 Å². The summed E-state index contributed by atoms with van der Waals surface area (Å²) in [6.45, 7) is 2.76. The first-order valence-electron chi connectivity index (χ1n) is 8.65. The van der Waals surface area contributed by atoms with E-state index in [1.807, 2.05) is 23.1 Å². The van der Waals surface area contributed by atoms with E-state index in [1.54, 1.807) is 30.2 Å². The van der Waals surface area contributed by atoms with Crippen LogP contribution in [0.15, 0.2) is 36.7 Å². The van der Waals surface area contributed by atoms with Crippen LogP contribution < -0.4 is 4.74 Å². The van der Waals surface area contributed by atoms with E-state index in [1.165, 1.54) is 0 Å². The molecule has 132 valence electrons. The van der Waals surface area contributed by atoms with Gasteiger partial charge in [0.1, 0.15) is 5.69 Å². The number of likely N-dealkylation sites (tertiary alicyclic amines) is 1. The Morgan fingerprint density at radius 1 is 1.32 bits per heavy atom. The van der Waals surface area contributed by atoms with Gasteiger partial charge in [0.25, 0.3) is 5.91 Å². The van der Waals surface area contributed by atoms with Crippen molar-refractivity contribution in [2.45, 2.75) is 12.5 Å². The zero-order valence-corrected chi connectivity index (χ0v) is 14.2. The summed E-state index contributed by atoms with van der Waals surface area (Å²) in [7, 11) is 1.79. The maximum absolute atomic E-state index is 12.6. The molecule has 2 aromatic heterocycles. The molecule has 0 N–H and O–H groups in total. The number of fused-ring (bicyclic) bond motifs is 1. The lowest BCUT2D eigenvalue weighted by Gasteiger charge is -2.20. The van der Waals surface area contributed by atoms with Crippen LogP contribution >= 0.6 is 0 Å². The molecule has 2 aliphatic rings. The Balaban J connectivity index is 1.32. The van der Waals surface area contributed by atoms with Crippen LogP contribution in [0, 0.1) is 11.8 Å². The number of carbonyl (C=O) groups excluding carboxylic acids is 1. The number of hydrogen-bond acceptors (Lipinski definition) is 5. The standard InChI is InChI=1S/C18H22N4O3/c1-21-15(5-8-20-21)18(23)22-10-14-13(12-25-16(14)11-22)6-9-24-17-4-2-3-7-19-17/h2-5,7-8,13-14,16H,6,9-12H2,1H3/t13-,14-,16-/m1/s1. The third kappa shape index (κ3) is 3.24. The predicted molar refractivity (Wildman–Crippen MR) is 90.2 cm³/mol. The Morgan fingerprint density at radius 3 is 3.00 bits per heavy atom. The SMILES string of the molecule is Cn1nccc1C(=O)N1C[C@@H]2[C@H](CCOc3ccccn3)CO[C@@H]2C1. The largest absolute Gasteiger partial charge is 0.478 e. The molecule has 1 amide bonds. The van der Waals surface area contributed by atoms with Gasteiger partial charge in [-0.3, -0.25) is 9.48 Å². The van der Waals surface area contributed by atoms with E-state index >= 15 is 0 Å². The highest BCUT2D eigenvalue weighted by molar-refractivity contribution is 5.92. The lowest BCUT2D eigenvalue weighted by Crippen LogP contribution is -2.32. The molecule has 7 nitrogen and oxygen atoms in total. The molecule has 2 aliphatic heterocycles. The molecule has 0 aliphatic carbocycles. The van der Waals surface area contributed by atoms with Crippen molar-refractivity contribution in [2.75, 3.05) is 26.3 Å². The van der Waals surface area contributed by atoms with Crippen LogP contribution in [0.1, 0.15) is 16.9 Å². The average molecular weight is 342 g/mol. The van der Waals surface area contributed by atoms with Gasteiger partial charge in [-0.1, -0.05) is 6.07 Å². The molecule has 2 fully saturated rings. The van der Waals surface area contributed by atoms with Gasteiger partial charge < -0.3 is 14.4 Å². The number of ether oxygens (including phenoxy) is 2. The zero-order valence-electron chi connectivity index (χ0n) is 14.2. The summed E-state index contributed by atoms with van der Waals surface area (Å²) in [6.07, 6.45) is 4.42. The van der Waals surface area contributed by atoms with Crippen LogP contribution in [0.4, 0.5) is 0 Å². The molecule has 4 heterocycles. The van der Waals surface area contributed by atoms with Crippen molar-refractivity contribution in [3.63, 3.8) is 0 Å². The first-order chi connectivity index (χ1) is 12.2. The van der Waals surface area contributed by atoms with Gasteiger partial charge in [-0.15, -0.1) is 0 Å². The third-order valence-corrected chi connectivity index (χ3v) is 5.14. The van der Waals surface area contributed by atoms with Crippen LogP contribution in [-0.2, 0) is 11.8 Å². The van der Waals surface area contributed by atoms with Gasteiger partial charge in [-0.2, -0.15) is 5.10 Å². The average Bonchev–Trinajstić information content (AvgIpc) is 3.32. The topological polar surface area (TPSA) is 69.5 Å². The van der Waals surface area contributed by atoms with E-state index in [0.29, 0.717) is 36.6 Å². The van der Waals surface area contributed by atoms with Gasteiger partial charge >= 0.3 is 0 Å². The van der Waals surface area contributed by atoms with Gasteiger partial charge in [-0.05, 0) is 24.5 Å². The van der Waals surface area contributed by atoms with Gasteiger partial charge in [0.15, 0.2) is 0 Å². The van der Waals surface area contributed by atoms with Crippen LogP contribution in [0.2, 0.25) is 0 Å².